The summed E-state index contributed by atoms with van der Waals surface area (Å²) in [4.78, 5) is 11.5. The van der Waals surface area contributed by atoms with Crippen LogP contribution in [0.4, 0.5) is 0 Å². The smallest absolute Gasteiger partial charge is 0.136 e. The third-order valence-electron chi connectivity index (χ3n) is 2.62. The van der Waals surface area contributed by atoms with E-state index in [2.05, 4.69) is 27.7 Å². The Hall–Kier alpha value is 0.0200. The number of hydrogen-bond donors (Lipinski definition) is 0. The molecule has 0 aromatic heterocycles. The van der Waals surface area contributed by atoms with Gasteiger partial charge >= 0.3 is 0 Å². The molecule has 0 rings (SSSR count). The second-order valence-corrected chi connectivity index (χ2v) is 6.48. The van der Waals surface area contributed by atoms with Crippen molar-refractivity contribution in [1.29, 1.82) is 0 Å². The SMILES string of the molecule is CC(C)C(=O)CCSC(C(C)C)C(C)C. The number of ketones is 1. The van der Waals surface area contributed by atoms with Crippen LogP contribution in [0.5, 0.6) is 0 Å². The maximum absolute atomic E-state index is 11.5. The van der Waals surface area contributed by atoms with Crippen molar-refractivity contribution < 1.29 is 4.79 Å². The third kappa shape index (κ3) is 6.24. The normalized spacial score (nSPS) is 12.1. The van der Waals surface area contributed by atoms with Gasteiger partial charge in [0.2, 0.25) is 0 Å². The standard InChI is InChI=1S/C13H26OS/c1-9(2)12(14)7-8-15-13(10(3)4)11(5)6/h9-11,13H,7-8H2,1-6H3. The molecule has 0 heterocycles. The van der Waals surface area contributed by atoms with Crippen molar-refractivity contribution in [3.63, 3.8) is 0 Å². The van der Waals surface area contributed by atoms with E-state index in [1.54, 1.807) is 0 Å². The second kappa shape index (κ2) is 7.32. The first-order valence-corrected chi connectivity index (χ1v) is 7.05. The molecule has 0 aromatic carbocycles. The van der Waals surface area contributed by atoms with Crippen LogP contribution in [0, 0.1) is 17.8 Å². The average Bonchev–Trinajstić information content (AvgIpc) is 2.10. The van der Waals surface area contributed by atoms with Crippen LogP contribution >= 0.6 is 11.8 Å². The van der Waals surface area contributed by atoms with Gasteiger partial charge in [0.05, 0.1) is 0 Å². The summed E-state index contributed by atoms with van der Waals surface area (Å²) in [5.41, 5.74) is 0. The van der Waals surface area contributed by atoms with E-state index >= 15 is 0 Å². The van der Waals surface area contributed by atoms with Crippen LogP contribution in [0.3, 0.4) is 0 Å². The van der Waals surface area contributed by atoms with E-state index in [9.17, 15) is 4.79 Å². The summed E-state index contributed by atoms with van der Waals surface area (Å²) in [5, 5.41) is 0.685. The highest BCUT2D eigenvalue weighted by Crippen LogP contribution is 2.27. The lowest BCUT2D eigenvalue weighted by molar-refractivity contribution is -0.121. The van der Waals surface area contributed by atoms with Crippen LogP contribution in [0.25, 0.3) is 0 Å². The Bertz CT molecular complexity index is 177. The van der Waals surface area contributed by atoms with Crippen LogP contribution < -0.4 is 0 Å². The minimum Gasteiger partial charge on any atom is -0.299 e. The van der Waals surface area contributed by atoms with Crippen LogP contribution in [-0.4, -0.2) is 16.8 Å². The summed E-state index contributed by atoms with van der Waals surface area (Å²) in [6, 6.07) is 0. The Morgan fingerprint density at radius 2 is 1.47 bits per heavy atom. The fraction of sp³-hybridized carbons (Fsp3) is 0.923. The predicted octanol–water partition coefficient (Wildman–Crippen LogP) is 4.02. The first-order valence-electron chi connectivity index (χ1n) is 6.00. The topological polar surface area (TPSA) is 17.1 Å². The van der Waals surface area contributed by atoms with Gasteiger partial charge in [0.25, 0.3) is 0 Å². The monoisotopic (exact) mass is 230 g/mol. The lowest BCUT2D eigenvalue weighted by atomic mass is 10.0. The number of hydrogen-bond acceptors (Lipinski definition) is 2. The maximum atomic E-state index is 11.5. The van der Waals surface area contributed by atoms with Gasteiger partial charge in [-0.25, -0.2) is 0 Å². The van der Waals surface area contributed by atoms with Crippen molar-refractivity contribution in [1.82, 2.24) is 0 Å². The van der Waals surface area contributed by atoms with Gasteiger partial charge in [0.1, 0.15) is 5.78 Å². The minimum atomic E-state index is 0.196. The third-order valence-corrected chi connectivity index (χ3v) is 4.53. The zero-order valence-corrected chi connectivity index (χ0v) is 11.9. The van der Waals surface area contributed by atoms with E-state index < -0.39 is 0 Å². The maximum Gasteiger partial charge on any atom is 0.136 e. The number of thioether (sulfide) groups is 1. The molecule has 0 fully saturated rings. The molecular formula is C13H26OS. The molecular weight excluding hydrogens is 204 g/mol. The molecule has 0 unspecified atom stereocenters. The number of Topliss-reactive ketones (excluding diaryl/α,β-unsaturated/α-hetero) is 1. The summed E-state index contributed by atoms with van der Waals surface area (Å²) < 4.78 is 0. The number of rotatable bonds is 7. The molecule has 0 saturated carbocycles. The highest BCUT2D eigenvalue weighted by atomic mass is 32.2. The highest BCUT2D eigenvalue weighted by molar-refractivity contribution is 7.99. The van der Waals surface area contributed by atoms with Gasteiger partial charge in [-0.05, 0) is 11.8 Å². The molecule has 0 aliphatic carbocycles. The number of carbonyl (C=O) groups is 1. The molecule has 2 heteroatoms. The summed E-state index contributed by atoms with van der Waals surface area (Å²) in [6.07, 6.45) is 0.734. The largest absolute Gasteiger partial charge is 0.299 e. The molecule has 0 atom stereocenters. The lowest BCUT2D eigenvalue weighted by Crippen LogP contribution is -2.19. The fourth-order valence-corrected chi connectivity index (χ4v) is 3.10. The van der Waals surface area contributed by atoms with Crippen molar-refractivity contribution in [2.24, 2.45) is 17.8 Å². The summed E-state index contributed by atoms with van der Waals surface area (Å²) >= 11 is 1.96. The Morgan fingerprint density at radius 3 is 1.80 bits per heavy atom. The van der Waals surface area contributed by atoms with E-state index in [0.717, 1.165) is 12.2 Å². The molecule has 0 aromatic rings. The Labute approximate surface area is 99.4 Å². The molecule has 90 valence electrons. The van der Waals surface area contributed by atoms with E-state index in [0.29, 0.717) is 22.9 Å². The molecule has 0 radical (unpaired) electrons. The zero-order chi connectivity index (χ0) is 12.0. The van der Waals surface area contributed by atoms with Gasteiger partial charge < -0.3 is 0 Å². The molecule has 0 aliphatic rings. The van der Waals surface area contributed by atoms with Gasteiger partial charge in [0, 0.05) is 23.3 Å². The van der Waals surface area contributed by atoms with Crippen molar-refractivity contribution >= 4 is 17.5 Å². The Kier molecular flexibility index (Phi) is 7.33. The highest BCUT2D eigenvalue weighted by Gasteiger charge is 2.18. The molecule has 0 bridgehead atoms. The quantitative estimate of drug-likeness (QED) is 0.657. The van der Waals surface area contributed by atoms with Crippen LogP contribution in [-0.2, 0) is 4.79 Å². The minimum absolute atomic E-state index is 0.196. The van der Waals surface area contributed by atoms with Gasteiger partial charge in [0.15, 0.2) is 0 Å². The van der Waals surface area contributed by atoms with Gasteiger partial charge in [-0.15, -0.1) is 0 Å². The predicted molar refractivity (Wildman–Crippen MR) is 70.4 cm³/mol. The fourth-order valence-electron chi connectivity index (χ4n) is 1.74. The first kappa shape index (κ1) is 15.0. The van der Waals surface area contributed by atoms with Crippen molar-refractivity contribution in [2.75, 3.05) is 5.75 Å². The summed E-state index contributed by atoms with van der Waals surface area (Å²) in [6.45, 7) is 13.0. The molecule has 0 aliphatic heterocycles. The molecule has 0 N–H and O–H groups in total. The number of carbonyl (C=O) groups excluding carboxylic acids is 1. The second-order valence-electron chi connectivity index (χ2n) is 5.19. The van der Waals surface area contributed by atoms with Gasteiger partial charge in [-0.3, -0.25) is 4.79 Å². The van der Waals surface area contributed by atoms with Gasteiger partial charge in [-0.1, -0.05) is 41.5 Å². The van der Waals surface area contributed by atoms with E-state index in [1.165, 1.54) is 0 Å². The molecule has 0 amide bonds. The zero-order valence-electron chi connectivity index (χ0n) is 11.0. The molecule has 1 nitrogen and oxygen atoms in total. The van der Waals surface area contributed by atoms with Crippen LogP contribution in [0.2, 0.25) is 0 Å². The van der Waals surface area contributed by atoms with Crippen molar-refractivity contribution in [3.8, 4) is 0 Å². The molecule has 0 saturated heterocycles. The van der Waals surface area contributed by atoms with Crippen LogP contribution in [0.1, 0.15) is 48.0 Å². The Morgan fingerprint density at radius 1 is 1.00 bits per heavy atom. The van der Waals surface area contributed by atoms with Crippen molar-refractivity contribution in [2.45, 2.75) is 53.2 Å². The first-order chi connectivity index (χ1) is 6.86. The summed E-state index contributed by atoms with van der Waals surface area (Å²) in [5.74, 6) is 2.97. The van der Waals surface area contributed by atoms with Crippen molar-refractivity contribution in [3.05, 3.63) is 0 Å². The average molecular weight is 230 g/mol. The van der Waals surface area contributed by atoms with Crippen LogP contribution in [0.15, 0.2) is 0 Å². The van der Waals surface area contributed by atoms with Gasteiger partial charge in [-0.2, -0.15) is 11.8 Å². The Balaban J connectivity index is 3.87. The van der Waals surface area contributed by atoms with E-state index in [-0.39, 0.29) is 5.92 Å². The van der Waals surface area contributed by atoms with E-state index in [4.69, 9.17) is 0 Å². The van der Waals surface area contributed by atoms with E-state index in [1.807, 2.05) is 25.6 Å². The lowest BCUT2D eigenvalue weighted by Gasteiger charge is -2.24. The summed E-state index contributed by atoms with van der Waals surface area (Å²) in [7, 11) is 0. The molecule has 0 spiro atoms. The molecule has 15 heavy (non-hydrogen) atoms.